The second-order valence-corrected chi connectivity index (χ2v) is 6.98. The number of aryl methyl sites for hydroxylation is 1. The Labute approximate surface area is 159 Å². The fourth-order valence-corrected chi connectivity index (χ4v) is 3.12. The summed E-state index contributed by atoms with van der Waals surface area (Å²) < 4.78 is 10.8. The molecule has 0 aromatic heterocycles. The third-order valence-electron chi connectivity index (χ3n) is 3.68. The lowest BCUT2D eigenvalue weighted by Crippen LogP contribution is -2.27. The lowest BCUT2D eigenvalue weighted by molar-refractivity contribution is -0.120. The summed E-state index contributed by atoms with van der Waals surface area (Å²) in [6, 6.07) is 13.9. The van der Waals surface area contributed by atoms with E-state index in [4.69, 9.17) is 15.2 Å². The molecule has 0 heterocycles. The number of methoxy groups -OCH3 is 1. The molecule has 2 aromatic carbocycles. The second-order valence-electron chi connectivity index (χ2n) is 5.81. The van der Waals surface area contributed by atoms with Gasteiger partial charge in [0.1, 0.15) is 6.61 Å². The predicted octanol–water partition coefficient (Wildman–Crippen LogP) is 2.79. The summed E-state index contributed by atoms with van der Waals surface area (Å²) in [4.78, 5) is 13.3. The minimum atomic E-state index is -0.00724. The van der Waals surface area contributed by atoms with Crippen LogP contribution in [0.1, 0.15) is 11.1 Å². The topological polar surface area (TPSA) is 73.6 Å². The molecule has 140 valence electrons. The van der Waals surface area contributed by atoms with E-state index in [0.29, 0.717) is 37.6 Å². The maximum atomic E-state index is 12.1. The number of benzene rings is 2. The molecule has 0 radical (unpaired) electrons. The first-order valence-corrected chi connectivity index (χ1v) is 9.57. The number of carbonyl (C=O) groups is 1. The van der Waals surface area contributed by atoms with Gasteiger partial charge in [-0.25, -0.2) is 0 Å². The van der Waals surface area contributed by atoms with Crippen LogP contribution >= 0.6 is 11.8 Å². The van der Waals surface area contributed by atoms with Crippen LogP contribution in [-0.4, -0.2) is 38.5 Å². The van der Waals surface area contributed by atoms with Gasteiger partial charge in [-0.15, -0.1) is 11.8 Å². The minimum absolute atomic E-state index is 0.00724. The number of hydrogen-bond donors (Lipinski definition) is 2. The molecule has 0 saturated heterocycles. The van der Waals surface area contributed by atoms with Crippen LogP contribution in [0.5, 0.6) is 11.5 Å². The van der Waals surface area contributed by atoms with E-state index in [1.54, 1.807) is 18.9 Å². The highest BCUT2D eigenvalue weighted by Crippen LogP contribution is 2.28. The van der Waals surface area contributed by atoms with E-state index in [1.807, 2.05) is 18.2 Å². The van der Waals surface area contributed by atoms with Gasteiger partial charge in [-0.1, -0.05) is 23.8 Å². The standard InChI is InChI=1S/C20H26N2O3S/c1-15-3-6-17(7-4-15)26-12-10-22-20(23)14-16-5-8-18(25-11-9-21)19(13-16)24-2/h3-8,13H,9-12,14,21H2,1-2H3,(H,22,23). The van der Waals surface area contributed by atoms with Crippen LogP contribution < -0.4 is 20.5 Å². The van der Waals surface area contributed by atoms with Gasteiger partial charge < -0.3 is 20.5 Å². The molecule has 1 amide bonds. The number of amides is 1. The van der Waals surface area contributed by atoms with E-state index >= 15 is 0 Å². The molecule has 0 aliphatic rings. The molecule has 0 aliphatic carbocycles. The largest absolute Gasteiger partial charge is 0.493 e. The summed E-state index contributed by atoms with van der Waals surface area (Å²) in [5.41, 5.74) is 7.57. The summed E-state index contributed by atoms with van der Waals surface area (Å²) in [7, 11) is 1.58. The molecule has 0 aliphatic heterocycles. The molecule has 26 heavy (non-hydrogen) atoms. The quantitative estimate of drug-likeness (QED) is 0.494. The number of hydrogen-bond acceptors (Lipinski definition) is 5. The van der Waals surface area contributed by atoms with Crippen molar-refractivity contribution in [1.82, 2.24) is 5.32 Å². The first-order chi connectivity index (χ1) is 12.6. The highest BCUT2D eigenvalue weighted by atomic mass is 32.2. The molecule has 6 heteroatoms. The Kier molecular flexibility index (Phi) is 8.31. The van der Waals surface area contributed by atoms with Crippen molar-refractivity contribution in [3.05, 3.63) is 53.6 Å². The van der Waals surface area contributed by atoms with E-state index in [2.05, 4.69) is 36.5 Å². The zero-order valence-corrected chi connectivity index (χ0v) is 16.1. The molecule has 0 fully saturated rings. The normalized spacial score (nSPS) is 10.4. The number of ether oxygens (including phenoxy) is 2. The third-order valence-corrected chi connectivity index (χ3v) is 4.70. The van der Waals surface area contributed by atoms with Crippen LogP contribution in [0.2, 0.25) is 0 Å². The van der Waals surface area contributed by atoms with Gasteiger partial charge in [0.05, 0.1) is 13.5 Å². The lowest BCUT2D eigenvalue weighted by Gasteiger charge is -2.12. The fourth-order valence-electron chi connectivity index (χ4n) is 2.35. The van der Waals surface area contributed by atoms with Gasteiger partial charge in [-0.2, -0.15) is 0 Å². The maximum Gasteiger partial charge on any atom is 0.224 e. The number of thioether (sulfide) groups is 1. The van der Waals surface area contributed by atoms with Crippen LogP contribution in [0.15, 0.2) is 47.4 Å². The Morgan fingerprint density at radius 3 is 2.62 bits per heavy atom. The summed E-state index contributed by atoms with van der Waals surface area (Å²) in [5, 5.41) is 2.95. The van der Waals surface area contributed by atoms with Crippen molar-refractivity contribution in [2.75, 3.05) is 32.6 Å². The molecule has 3 N–H and O–H groups in total. The Morgan fingerprint density at radius 1 is 1.15 bits per heavy atom. The van der Waals surface area contributed by atoms with E-state index in [-0.39, 0.29) is 5.91 Å². The van der Waals surface area contributed by atoms with Crippen LogP contribution in [-0.2, 0) is 11.2 Å². The van der Waals surface area contributed by atoms with Crippen molar-refractivity contribution < 1.29 is 14.3 Å². The van der Waals surface area contributed by atoms with Crippen LogP contribution in [0.3, 0.4) is 0 Å². The van der Waals surface area contributed by atoms with Gasteiger partial charge in [0.15, 0.2) is 11.5 Å². The summed E-state index contributed by atoms with van der Waals surface area (Å²) in [6.45, 7) is 3.56. The van der Waals surface area contributed by atoms with E-state index in [0.717, 1.165) is 11.3 Å². The van der Waals surface area contributed by atoms with Crippen LogP contribution in [0.4, 0.5) is 0 Å². The molecule has 2 aromatic rings. The molecule has 2 rings (SSSR count). The molecule has 0 atom stereocenters. The van der Waals surface area contributed by atoms with Gasteiger partial charge in [0, 0.05) is 23.7 Å². The van der Waals surface area contributed by atoms with Gasteiger partial charge in [-0.3, -0.25) is 4.79 Å². The molecule has 0 bridgehead atoms. The number of rotatable bonds is 10. The molecule has 5 nitrogen and oxygen atoms in total. The zero-order valence-electron chi connectivity index (χ0n) is 15.3. The smallest absolute Gasteiger partial charge is 0.224 e. The van der Waals surface area contributed by atoms with Gasteiger partial charge in [0.25, 0.3) is 0 Å². The van der Waals surface area contributed by atoms with E-state index in [9.17, 15) is 4.79 Å². The van der Waals surface area contributed by atoms with E-state index in [1.165, 1.54) is 10.5 Å². The summed E-state index contributed by atoms with van der Waals surface area (Å²) in [6.07, 6.45) is 0.308. The Hall–Kier alpha value is -2.18. The van der Waals surface area contributed by atoms with Crippen LogP contribution in [0.25, 0.3) is 0 Å². The fraction of sp³-hybridized carbons (Fsp3) is 0.350. The molecule has 0 saturated carbocycles. The SMILES string of the molecule is COc1cc(CC(=O)NCCSc2ccc(C)cc2)ccc1OCCN. The monoisotopic (exact) mass is 374 g/mol. The predicted molar refractivity (Wildman–Crippen MR) is 106 cm³/mol. The minimum Gasteiger partial charge on any atom is -0.493 e. The Morgan fingerprint density at radius 2 is 1.92 bits per heavy atom. The van der Waals surface area contributed by atoms with Gasteiger partial charge in [-0.05, 0) is 36.8 Å². The first kappa shape index (κ1) is 20.1. The molecule has 0 spiro atoms. The van der Waals surface area contributed by atoms with Crippen molar-refractivity contribution in [3.8, 4) is 11.5 Å². The molecular formula is C20H26N2O3S. The van der Waals surface area contributed by atoms with E-state index < -0.39 is 0 Å². The van der Waals surface area contributed by atoms with Gasteiger partial charge in [0.2, 0.25) is 5.91 Å². The average Bonchev–Trinajstić information content (AvgIpc) is 2.65. The van der Waals surface area contributed by atoms with Gasteiger partial charge >= 0.3 is 0 Å². The van der Waals surface area contributed by atoms with Crippen LogP contribution in [0, 0.1) is 6.92 Å². The van der Waals surface area contributed by atoms with Crippen molar-refractivity contribution in [3.63, 3.8) is 0 Å². The van der Waals surface area contributed by atoms with Crippen molar-refractivity contribution in [1.29, 1.82) is 0 Å². The van der Waals surface area contributed by atoms with Crippen molar-refractivity contribution in [2.24, 2.45) is 5.73 Å². The summed E-state index contributed by atoms with van der Waals surface area (Å²) in [5.74, 6) is 2.08. The molecule has 0 unspecified atom stereocenters. The number of nitrogens with two attached hydrogens (primary N) is 1. The highest BCUT2D eigenvalue weighted by Gasteiger charge is 2.09. The Balaban J connectivity index is 1.77. The Bertz CT molecular complexity index is 705. The zero-order chi connectivity index (χ0) is 18.8. The second kappa shape index (κ2) is 10.7. The van der Waals surface area contributed by atoms with Crippen molar-refractivity contribution >= 4 is 17.7 Å². The number of nitrogens with one attached hydrogen (secondary N) is 1. The highest BCUT2D eigenvalue weighted by molar-refractivity contribution is 7.99. The van der Waals surface area contributed by atoms with Crippen molar-refractivity contribution in [2.45, 2.75) is 18.2 Å². The maximum absolute atomic E-state index is 12.1. The average molecular weight is 375 g/mol. The third kappa shape index (κ3) is 6.61. The lowest BCUT2D eigenvalue weighted by atomic mass is 10.1. The first-order valence-electron chi connectivity index (χ1n) is 8.58. The summed E-state index contributed by atoms with van der Waals surface area (Å²) >= 11 is 1.73. The molecular weight excluding hydrogens is 348 g/mol. The number of carbonyl (C=O) groups excluding carboxylic acids is 1.